The number of thioether (sulfide) groups is 1. The van der Waals surface area contributed by atoms with E-state index >= 15 is 0 Å². The van der Waals surface area contributed by atoms with Crippen molar-refractivity contribution in [2.24, 2.45) is 0 Å². The molecule has 21 heavy (non-hydrogen) atoms. The highest BCUT2D eigenvalue weighted by molar-refractivity contribution is 7.99. The normalized spacial score (nSPS) is 20.0. The van der Waals surface area contributed by atoms with Gasteiger partial charge in [0.15, 0.2) is 0 Å². The molecule has 1 aliphatic rings. The van der Waals surface area contributed by atoms with E-state index in [0.717, 1.165) is 24.2 Å². The Balaban J connectivity index is 1.98. The maximum absolute atomic E-state index is 12.1. The van der Waals surface area contributed by atoms with Crippen LogP contribution in [0.4, 0.5) is 5.69 Å². The number of amides is 1. The van der Waals surface area contributed by atoms with Gasteiger partial charge in [0.05, 0.1) is 6.61 Å². The maximum atomic E-state index is 12.1. The van der Waals surface area contributed by atoms with Gasteiger partial charge in [-0.1, -0.05) is 13.8 Å². The van der Waals surface area contributed by atoms with Crippen LogP contribution in [0.1, 0.15) is 25.8 Å². The van der Waals surface area contributed by atoms with Gasteiger partial charge in [-0.3, -0.25) is 4.79 Å². The second kappa shape index (κ2) is 7.82. The largest absolute Gasteiger partial charge is 0.366 e. The molecule has 0 aromatic heterocycles. The minimum Gasteiger partial charge on any atom is -0.366 e. The Hall–Kier alpha value is -1.04. The highest BCUT2D eigenvalue weighted by atomic mass is 32.2. The molecule has 2 atom stereocenters. The van der Waals surface area contributed by atoms with Crippen molar-refractivity contribution in [1.82, 2.24) is 5.32 Å². The SMILES string of the molecule is CCC(C)Sc1ccc(NC(=O)C2CNCCO2)c(C)c1. The smallest absolute Gasteiger partial charge is 0.254 e. The Bertz CT molecular complexity index is 487. The van der Waals surface area contributed by atoms with E-state index in [2.05, 4.69) is 36.6 Å². The van der Waals surface area contributed by atoms with Gasteiger partial charge in [0, 0.05) is 28.9 Å². The molecule has 2 N–H and O–H groups in total. The summed E-state index contributed by atoms with van der Waals surface area (Å²) in [6, 6.07) is 6.18. The minimum absolute atomic E-state index is 0.0763. The fourth-order valence-electron chi connectivity index (χ4n) is 2.11. The second-order valence-electron chi connectivity index (χ2n) is 5.37. The highest BCUT2D eigenvalue weighted by Crippen LogP contribution is 2.28. The zero-order chi connectivity index (χ0) is 15.2. The molecule has 0 spiro atoms. The van der Waals surface area contributed by atoms with E-state index in [1.165, 1.54) is 4.90 Å². The van der Waals surface area contributed by atoms with Gasteiger partial charge in [-0.05, 0) is 37.1 Å². The Morgan fingerprint density at radius 2 is 2.38 bits per heavy atom. The lowest BCUT2D eigenvalue weighted by Gasteiger charge is -2.23. The van der Waals surface area contributed by atoms with Gasteiger partial charge in [0.25, 0.3) is 5.91 Å². The third-order valence-electron chi connectivity index (χ3n) is 3.59. The zero-order valence-electron chi connectivity index (χ0n) is 12.9. The van der Waals surface area contributed by atoms with Gasteiger partial charge >= 0.3 is 0 Å². The summed E-state index contributed by atoms with van der Waals surface area (Å²) in [7, 11) is 0. The molecular weight excluding hydrogens is 284 g/mol. The molecule has 1 heterocycles. The molecule has 116 valence electrons. The number of nitrogens with one attached hydrogen (secondary N) is 2. The molecule has 5 heteroatoms. The van der Waals surface area contributed by atoms with Crippen molar-refractivity contribution in [2.75, 3.05) is 25.0 Å². The average Bonchev–Trinajstić information content (AvgIpc) is 2.50. The average molecular weight is 308 g/mol. The van der Waals surface area contributed by atoms with Crippen LogP contribution in [0.5, 0.6) is 0 Å². The van der Waals surface area contributed by atoms with Crippen molar-refractivity contribution in [3.63, 3.8) is 0 Å². The fourth-order valence-corrected chi connectivity index (χ4v) is 3.14. The molecule has 2 rings (SSSR count). The van der Waals surface area contributed by atoms with Crippen LogP contribution in [0.15, 0.2) is 23.1 Å². The summed E-state index contributed by atoms with van der Waals surface area (Å²) in [4.78, 5) is 13.4. The van der Waals surface area contributed by atoms with Crippen LogP contribution in [0.25, 0.3) is 0 Å². The van der Waals surface area contributed by atoms with E-state index < -0.39 is 6.10 Å². The first-order valence-corrected chi connectivity index (χ1v) is 8.38. The molecule has 1 aromatic rings. The van der Waals surface area contributed by atoms with Gasteiger partial charge in [-0.15, -0.1) is 11.8 Å². The molecule has 0 saturated carbocycles. The number of hydrogen-bond acceptors (Lipinski definition) is 4. The van der Waals surface area contributed by atoms with Crippen LogP contribution in [-0.2, 0) is 9.53 Å². The van der Waals surface area contributed by atoms with Crippen LogP contribution in [0.2, 0.25) is 0 Å². The van der Waals surface area contributed by atoms with Gasteiger partial charge in [0.1, 0.15) is 6.10 Å². The van der Waals surface area contributed by atoms with Crippen molar-refractivity contribution in [3.8, 4) is 0 Å². The fraction of sp³-hybridized carbons (Fsp3) is 0.562. The first kappa shape index (κ1) is 16.3. The van der Waals surface area contributed by atoms with E-state index in [1.54, 1.807) is 0 Å². The number of benzene rings is 1. The third-order valence-corrected chi connectivity index (χ3v) is 4.85. The van der Waals surface area contributed by atoms with Gasteiger partial charge in [-0.2, -0.15) is 0 Å². The van der Waals surface area contributed by atoms with E-state index in [9.17, 15) is 4.79 Å². The number of hydrogen-bond donors (Lipinski definition) is 2. The first-order chi connectivity index (χ1) is 10.1. The predicted molar refractivity (Wildman–Crippen MR) is 88.0 cm³/mol. The summed E-state index contributed by atoms with van der Waals surface area (Å²) < 4.78 is 5.46. The Morgan fingerprint density at radius 1 is 1.57 bits per heavy atom. The highest BCUT2D eigenvalue weighted by Gasteiger charge is 2.22. The Kier molecular flexibility index (Phi) is 6.08. The summed E-state index contributed by atoms with van der Waals surface area (Å²) in [5.74, 6) is -0.0763. The molecule has 1 amide bonds. The topological polar surface area (TPSA) is 50.4 Å². The van der Waals surface area contributed by atoms with E-state index in [1.807, 2.05) is 24.8 Å². The van der Waals surface area contributed by atoms with Crippen LogP contribution in [0, 0.1) is 6.92 Å². The number of morpholine rings is 1. The maximum Gasteiger partial charge on any atom is 0.254 e. The van der Waals surface area contributed by atoms with Gasteiger partial charge < -0.3 is 15.4 Å². The number of aryl methyl sites for hydroxylation is 1. The van der Waals surface area contributed by atoms with E-state index in [0.29, 0.717) is 18.4 Å². The summed E-state index contributed by atoms with van der Waals surface area (Å²) in [5, 5.41) is 6.73. The zero-order valence-corrected chi connectivity index (χ0v) is 13.8. The van der Waals surface area contributed by atoms with Crippen LogP contribution in [-0.4, -0.2) is 37.0 Å². The van der Waals surface area contributed by atoms with Crippen molar-refractivity contribution in [2.45, 2.75) is 43.4 Å². The molecule has 0 bridgehead atoms. The monoisotopic (exact) mass is 308 g/mol. The Morgan fingerprint density at radius 3 is 3.00 bits per heavy atom. The molecule has 0 radical (unpaired) electrons. The summed E-state index contributed by atoms with van der Waals surface area (Å²) in [6.07, 6.45) is 0.751. The van der Waals surface area contributed by atoms with Gasteiger partial charge in [-0.25, -0.2) is 0 Å². The number of anilines is 1. The van der Waals surface area contributed by atoms with Crippen LogP contribution >= 0.6 is 11.8 Å². The van der Waals surface area contributed by atoms with Crippen molar-refractivity contribution in [3.05, 3.63) is 23.8 Å². The summed E-state index contributed by atoms with van der Waals surface area (Å²) in [5.41, 5.74) is 1.95. The third kappa shape index (κ3) is 4.73. The summed E-state index contributed by atoms with van der Waals surface area (Å²) >= 11 is 1.87. The molecule has 1 aromatic carbocycles. The minimum atomic E-state index is -0.396. The molecular formula is C16H24N2O2S. The second-order valence-corrected chi connectivity index (χ2v) is 6.88. The standard InChI is InChI=1S/C16H24N2O2S/c1-4-12(3)21-13-5-6-14(11(2)9-13)18-16(19)15-10-17-7-8-20-15/h5-6,9,12,15,17H,4,7-8,10H2,1-3H3,(H,18,19). The predicted octanol–water partition coefficient (Wildman–Crippen LogP) is 2.81. The Labute approximate surface area is 131 Å². The molecule has 0 aliphatic carbocycles. The van der Waals surface area contributed by atoms with Crippen LogP contribution < -0.4 is 10.6 Å². The van der Waals surface area contributed by atoms with Crippen molar-refractivity contribution >= 4 is 23.4 Å². The lowest BCUT2D eigenvalue weighted by molar-refractivity contribution is -0.128. The number of ether oxygens (including phenoxy) is 1. The lowest BCUT2D eigenvalue weighted by Crippen LogP contribution is -2.45. The molecule has 1 fully saturated rings. The molecule has 1 aliphatic heterocycles. The number of rotatable bonds is 5. The van der Waals surface area contributed by atoms with E-state index in [4.69, 9.17) is 4.74 Å². The van der Waals surface area contributed by atoms with Crippen LogP contribution in [0.3, 0.4) is 0 Å². The van der Waals surface area contributed by atoms with Crippen molar-refractivity contribution in [1.29, 1.82) is 0 Å². The number of carbonyl (C=O) groups excluding carboxylic acids is 1. The quantitative estimate of drug-likeness (QED) is 0.821. The van der Waals surface area contributed by atoms with E-state index in [-0.39, 0.29) is 5.91 Å². The lowest BCUT2D eigenvalue weighted by atomic mass is 10.2. The molecule has 4 nitrogen and oxygen atoms in total. The first-order valence-electron chi connectivity index (χ1n) is 7.50. The molecule has 2 unspecified atom stereocenters. The summed E-state index contributed by atoms with van der Waals surface area (Å²) in [6.45, 7) is 8.41. The number of carbonyl (C=O) groups is 1. The van der Waals surface area contributed by atoms with Crippen molar-refractivity contribution < 1.29 is 9.53 Å². The molecule has 1 saturated heterocycles. The van der Waals surface area contributed by atoms with Gasteiger partial charge in [0.2, 0.25) is 0 Å².